The summed E-state index contributed by atoms with van der Waals surface area (Å²) in [6.45, 7) is 1.04. The molecule has 0 radical (unpaired) electrons. The maximum Gasteiger partial charge on any atom is 0.383 e. The van der Waals surface area contributed by atoms with Crippen LogP contribution in [0.3, 0.4) is 0 Å². The predicted octanol–water partition coefficient (Wildman–Crippen LogP) is 5.77. The highest BCUT2D eigenvalue weighted by molar-refractivity contribution is 6.35. The van der Waals surface area contributed by atoms with Crippen LogP contribution < -0.4 is 0 Å². The third-order valence-electron chi connectivity index (χ3n) is 3.21. The lowest BCUT2D eigenvalue weighted by Gasteiger charge is -2.43. The molecule has 1 aliphatic rings. The Bertz CT molecular complexity index is 623. The Balaban J connectivity index is 3.05. The summed E-state index contributed by atoms with van der Waals surface area (Å²) in [4.78, 5) is 0. The average Bonchev–Trinajstić information content (AvgIpc) is 2.30. The summed E-state index contributed by atoms with van der Waals surface area (Å²) in [5.74, 6) is -23.9. The van der Waals surface area contributed by atoms with Crippen molar-refractivity contribution in [3.63, 3.8) is 0 Å². The molecule has 0 saturated carbocycles. The van der Waals surface area contributed by atoms with Crippen LogP contribution in [0.2, 0.25) is 10.0 Å². The second-order valence-electron chi connectivity index (χ2n) is 4.54. The number of rotatable bonds is 0. The first-order valence-electron chi connectivity index (χ1n) is 5.22. The van der Waals surface area contributed by atoms with Gasteiger partial charge < -0.3 is 0 Å². The van der Waals surface area contributed by atoms with E-state index in [0.29, 0.717) is 6.07 Å². The molecule has 0 atom stereocenters. The van der Waals surface area contributed by atoms with Gasteiger partial charge in [0.2, 0.25) is 0 Å². The fourth-order valence-corrected chi connectivity index (χ4v) is 2.71. The van der Waals surface area contributed by atoms with E-state index in [1.165, 1.54) is 0 Å². The zero-order chi connectivity index (χ0) is 16.6. The van der Waals surface area contributed by atoms with Gasteiger partial charge in [0.05, 0.1) is 21.2 Å². The van der Waals surface area contributed by atoms with Crippen molar-refractivity contribution in [3.8, 4) is 0 Å². The Morgan fingerprint density at radius 1 is 0.762 bits per heavy atom. The molecular formula is C11H4Cl2F8. The molecule has 0 N–H and O–H groups in total. The van der Waals surface area contributed by atoms with Crippen molar-refractivity contribution in [2.75, 3.05) is 0 Å². The lowest BCUT2D eigenvalue weighted by Crippen LogP contribution is -2.64. The molecule has 1 aliphatic carbocycles. The molecule has 10 heteroatoms. The van der Waals surface area contributed by atoms with E-state index in [-0.39, 0.29) is 5.56 Å². The Hall–Kier alpha value is -0.760. The molecule has 0 aromatic heterocycles. The lowest BCUT2D eigenvalue weighted by atomic mass is 9.79. The molecule has 0 amide bonds. The minimum atomic E-state index is -6.34. The van der Waals surface area contributed by atoms with Crippen LogP contribution in [0.1, 0.15) is 16.7 Å². The normalized spacial score (nSPS) is 24.5. The van der Waals surface area contributed by atoms with E-state index in [4.69, 9.17) is 23.2 Å². The van der Waals surface area contributed by atoms with Crippen molar-refractivity contribution in [2.24, 2.45) is 0 Å². The predicted molar refractivity (Wildman–Crippen MR) is 58.9 cm³/mol. The van der Waals surface area contributed by atoms with Gasteiger partial charge in [0.25, 0.3) is 0 Å². The van der Waals surface area contributed by atoms with Gasteiger partial charge in [-0.1, -0.05) is 23.2 Å². The van der Waals surface area contributed by atoms with E-state index in [0.717, 1.165) is 6.92 Å². The monoisotopic (exact) mass is 358 g/mol. The molecular weight excluding hydrogens is 355 g/mol. The number of alkyl halides is 8. The van der Waals surface area contributed by atoms with Gasteiger partial charge in [-0.3, -0.25) is 0 Å². The number of fused-ring (bicyclic) bond motifs is 1. The molecule has 0 saturated heterocycles. The molecule has 0 unspecified atom stereocenters. The number of hydrogen-bond donors (Lipinski definition) is 0. The second kappa shape index (κ2) is 4.16. The summed E-state index contributed by atoms with van der Waals surface area (Å²) in [5, 5.41) is -2.35. The molecule has 0 fully saturated rings. The fraction of sp³-hybridized carbons (Fsp3) is 0.455. The standard InChI is InChI=1S/C11H4Cl2F8/c1-3-2-4(12)5-6(7(3)13)9(16,17)11(20,21)10(18,19)8(5,14)15/h2H,1H3. The van der Waals surface area contributed by atoms with Crippen molar-refractivity contribution in [2.45, 2.75) is 30.6 Å². The first-order chi connectivity index (χ1) is 9.21. The Kier molecular flexibility index (Phi) is 3.29. The van der Waals surface area contributed by atoms with Crippen LogP contribution in [-0.2, 0) is 11.8 Å². The number of benzene rings is 1. The van der Waals surface area contributed by atoms with Crippen molar-refractivity contribution in [1.29, 1.82) is 0 Å². The number of hydrogen-bond acceptors (Lipinski definition) is 0. The summed E-state index contributed by atoms with van der Waals surface area (Å²) in [6.07, 6.45) is 0. The summed E-state index contributed by atoms with van der Waals surface area (Å²) < 4.78 is 108. The summed E-state index contributed by atoms with van der Waals surface area (Å²) in [5.41, 5.74) is -4.48. The van der Waals surface area contributed by atoms with Crippen LogP contribution in [0.15, 0.2) is 6.07 Å². The topological polar surface area (TPSA) is 0 Å². The minimum Gasteiger partial charge on any atom is -0.194 e. The molecule has 118 valence electrons. The molecule has 21 heavy (non-hydrogen) atoms. The van der Waals surface area contributed by atoms with Gasteiger partial charge in [-0.05, 0) is 18.6 Å². The van der Waals surface area contributed by atoms with E-state index in [1.807, 2.05) is 0 Å². The lowest BCUT2D eigenvalue weighted by molar-refractivity contribution is -0.386. The number of aryl methyl sites for hydroxylation is 1. The van der Waals surface area contributed by atoms with Gasteiger partial charge in [-0.15, -0.1) is 0 Å². The molecule has 0 aliphatic heterocycles. The van der Waals surface area contributed by atoms with Gasteiger partial charge in [0.15, 0.2) is 0 Å². The highest BCUT2D eigenvalue weighted by atomic mass is 35.5. The van der Waals surface area contributed by atoms with E-state index in [1.54, 1.807) is 0 Å². The van der Waals surface area contributed by atoms with E-state index in [2.05, 4.69) is 0 Å². The maximum absolute atomic E-state index is 13.7. The number of halogens is 10. The van der Waals surface area contributed by atoms with Gasteiger partial charge >= 0.3 is 23.7 Å². The summed E-state index contributed by atoms with van der Waals surface area (Å²) in [6, 6.07) is 0.631. The highest BCUT2D eigenvalue weighted by Gasteiger charge is 2.86. The maximum atomic E-state index is 13.7. The van der Waals surface area contributed by atoms with Crippen LogP contribution in [0.25, 0.3) is 0 Å². The van der Waals surface area contributed by atoms with Gasteiger partial charge in [-0.25, -0.2) is 0 Å². The SMILES string of the molecule is Cc1cc(Cl)c2c(c1Cl)C(F)(F)C(F)(F)C(F)(F)C2(F)F. The highest BCUT2D eigenvalue weighted by Crippen LogP contribution is 2.66. The van der Waals surface area contributed by atoms with Crippen LogP contribution in [0, 0.1) is 6.92 Å². The van der Waals surface area contributed by atoms with E-state index in [9.17, 15) is 35.1 Å². The molecule has 1 aromatic carbocycles. The molecule has 0 heterocycles. The largest absolute Gasteiger partial charge is 0.383 e. The van der Waals surface area contributed by atoms with Crippen LogP contribution in [0.4, 0.5) is 35.1 Å². The third kappa shape index (κ3) is 1.69. The zero-order valence-corrected chi connectivity index (χ0v) is 11.4. The fourth-order valence-electron chi connectivity index (χ4n) is 2.06. The van der Waals surface area contributed by atoms with Crippen molar-refractivity contribution in [3.05, 3.63) is 32.8 Å². The van der Waals surface area contributed by atoms with Crippen molar-refractivity contribution < 1.29 is 35.1 Å². The van der Waals surface area contributed by atoms with E-state index < -0.39 is 44.9 Å². The van der Waals surface area contributed by atoms with Crippen LogP contribution in [-0.4, -0.2) is 11.8 Å². The molecule has 0 spiro atoms. The van der Waals surface area contributed by atoms with Crippen molar-refractivity contribution in [1.82, 2.24) is 0 Å². The minimum absolute atomic E-state index is 0.322. The Morgan fingerprint density at radius 3 is 1.57 bits per heavy atom. The quantitative estimate of drug-likeness (QED) is 0.516. The Morgan fingerprint density at radius 2 is 1.14 bits per heavy atom. The summed E-state index contributed by atoms with van der Waals surface area (Å²) >= 11 is 10.7. The first kappa shape index (κ1) is 16.6. The second-order valence-corrected chi connectivity index (χ2v) is 5.32. The Labute approximate surface area is 122 Å². The van der Waals surface area contributed by atoms with Gasteiger partial charge in [0, 0.05) is 0 Å². The zero-order valence-electron chi connectivity index (χ0n) is 9.86. The molecule has 1 aromatic rings. The average molecular weight is 359 g/mol. The van der Waals surface area contributed by atoms with Gasteiger partial charge in [-0.2, -0.15) is 35.1 Å². The van der Waals surface area contributed by atoms with Gasteiger partial charge in [0.1, 0.15) is 0 Å². The van der Waals surface area contributed by atoms with E-state index >= 15 is 0 Å². The first-order valence-corrected chi connectivity index (χ1v) is 5.97. The van der Waals surface area contributed by atoms with Crippen LogP contribution in [0.5, 0.6) is 0 Å². The molecule has 0 bridgehead atoms. The smallest absolute Gasteiger partial charge is 0.194 e. The molecule has 2 rings (SSSR count). The van der Waals surface area contributed by atoms with Crippen molar-refractivity contribution >= 4 is 23.2 Å². The molecule has 0 nitrogen and oxygen atoms in total. The van der Waals surface area contributed by atoms with Crippen LogP contribution >= 0.6 is 23.2 Å². The third-order valence-corrected chi connectivity index (χ3v) is 3.99. The summed E-state index contributed by atoms with van der Waals surface area (Å²) in [7, 11) is 0.